The highest BCUT2D eigenvalue weighted by molar-refractivity contribution is 5.78. The zero-order valence-corrected chi connectivity index (χ0v) is 7.55. The van der Waals surface area contributed by atoms with Gasteiger partial charge in [-0.3, -0.25) is 9.69 Å². The van der Waals surface area contributed by atoms with E-state index in [1.165, 1.54) is 12.8 Å². The third kappa shape index (κ3) is 1.78. The average Bonchev–Trinajstić information content (AvgIpc) is 2.79. The van der Waals surface area contributed by atoms with Crippen LogP contribution >= 0.6 is 0 Å². The Morgan fingerprint density at radius 3 is 2.92 bits per heavy atom. The summed E-state index contributed by atoms with van der Waals surface area (Å²) in [5.74, 6) is 0.809. The van der Waals surface area contributed by atoms with Crippen molar-refractivity contribution in [3.8, 4) is 0 Å². The molecule has 2 fully saturated rings. The molecular formula is C9H16N2O. The number of hydrogen-bond acceptors (Lipinski definition) is 2. The molecule has 2 aliphatic rings. The summed E-state index contributed by atoms with van der Waals surface area (Å²) in [6.07, 6.45) is 2.58. The van der Waals surface area contributed by atoms with Crippen LogP contribution in [0, 0.1) is 5.92 Å². The second kappa shape index (κ2) is 3.05. The Kier molecular flexibility index (Phi) is 2.05. The molecule has 1 heterocycles. The Hall–Kier alpha value is -0.570. The second-order valence-corrected chi connectivity index (χ2v) is 4.07. The summed E-state index contributed by atoms with van der Waals surface area (Å²) < 4.78 is 0. The monoisotopic (exact) mass is 168 g/mol. The molecule has 0 aromatic rings. The van der Waals surface area contributed by atoms with E-state index in [-0.39, 0.29) is 5.91 Å². The fraction of sp³-hybridized carbons (Fsp3) is 0.889. The van der Waals surface area contributed by atoms with Gasteiger partial charge in [0.2, 0.25) is 5.91 Å². The van der Waals surface area contributed by atoms with Crippen LogP contribution < -0.4 is 5.32 Å². The third-order valence-electron chi connectivity index (χ3n) is 2.60. The molecule has 2 rings (SSSR count). The summed E-state index contributed by atoms with van der Waals surface area (Å²) in [5, 5.41) is 2.93. The third-order valence-corrected chi connectivity index (χ3v) is 2.60. The van der Waals surface area contributed by atoms with E-state index in [2.05, 4.69) is 17.1 Å². The minimum Gasteiger partial charge on any atom is -0.355 e. The van der Waals surface area contributed by atoms with Gasteiger partial charge in [0.1, 0.15) is 0 Å². The lowest BCUT2D eigenvalue weighted by Crippen LogP contribution is -2.34. The number of carbonyl (C=O) groups excluding carboxylic acids is 1. The molecule has 0 aromatic carbocycles. The molecule has 1 saturated carbocycles. The minimum absolute atomic E-state index is 0.200. The zero-order valence-electron chi connectivity index (χ0n) is 7.55. The van der Waals surface area contributed by atoms with Crippen LogP contribution in [0.5, 0.6) is 0 Å². The first-order chi connectivity index (χ1) is 5.75. The van der Waals surface area contributed by atoms with Gasteiger partial charge in [-0.1, -0.05) is 6.92 Å². The number of hydrogen-bond donors (Lipinski definition) is 1. The molecule has 0 spiro atoms. The minimum atomic E-state index is 0.200. The highest BCUT2D eigenvalue weighted by Gasteiger charge is 2.32. The zero-order chi connectivity index (χ0) is 8.55. The summed E-state index contributed by atoms with van der Waals surface area (Å²) in [5.41, 5.74) is 0. The lowest BCUT2D eigenvalue weighted by molar-refractivity contribution is -0.121. The molecule has 0 aromatic heterocycles. The fourth-order valence-electron chi connectivity index (χ4n) is 1.78. The van der Waals surface area contributed by atoms with Crippen molar-refractivity contribution in [2.75, 3.05) is 19.6 Å². The van der Waals surface area contributed by atoms with Crippen molar-refractivity contribution in [1.82, 2.24) is 10.2 Å². The Balaban J connectivity index is 1.96. The van der Waals surface area contributed by atoms with Crippen LogP contribution in [0.4, 0.5) is 0 Å². The van der Waals surface area contributed by atoms with Crippen molar-refractivity contribution >= 4 is 5.91 Å². The van der Waals surface area contributed by atoms with E-state index in [4.69, 9.17) is 0 Å². The van der Waals surface area contributed by atoms with Gasteiger partial charge in [-0.05, 0) is 18.8 Å². The van der Waals surface area contributed by atoms with E-state index in [9.17, 15) is 4.79 Å². The number of amides is 1. The van der Waals surface area contributed by atoms with Crippen LogP contribution in [0.15, 0.2) is 0 Å². The maximum absolute atomic E-state index is 11.2. The molecule has 1 saturated heterocycles. The topological polar surface area (TPSA) is 32.3 Å². The SMILES string of the molecule is C[C@H]1CNC(=O)CN(C2CC2)C1. The molecule has 0 unspecified atom stereocenters. The quantitative estimate of drug-likeness (QED) is 0.607. The van der Waals surface area contributed by atoms with Crippen molar-refractivity contribution in [3.63, 3.8) is 0 Å². The summed E-state index contributed by atoms with van der Waals surface area (Å²) in [6, 6.07) is 0.719. The second-order valence-electron chi connectivity index (χ2n) is 4.07. The molecule has 3 heteroatoms. The van der Waals surface area contributed by atoms with Crippen molar-refractivity contribution in [2.24, 2.45) is 5.92 Å². The molecule has 3 nitrogen and oxygen atoms in total. The molecule has 68 valence electrons. The van der Waals surface area contributed by atoms with E-state index in [0.717, 1.165) is 19.1 Å². The van der Waals surface area contributed by atoms with Crippen molar-refractivity contribution in [1.29, 1.82) is 0 Å². The van der Waals surface area contributed by atoms with E-state index in [1.807, 2.05) is 0 Å². The summed E-state index contributed by atoms with van der Waals surface area (Å²) in [6.45, 7) is 4.75. The molecule has 1 amide bonds. The molecule has 0 radical (unpaired) electrons. The van der Waals surface area contributed by atoms with Gasteiger partial charge in [0, 0.05) is 19.1 Å². The van der Waals surface area contributed by atoms with Crippen molar-refractivity contribution in [2.45, 2.75) is 25.8 Å². The van der Waals surface area contributed by atoms with Crippen LogP contribution in [0.1, 0.15) is 19.8 Å². The summed E-state index contributed by atoms with van der Waals surface area (Å²) in [7, 11) is 0. The summed E-state index contributed by atoms with van der Waals surface area (Å²) in [4.78, 5) is 13.5. The first-order valence-electron chi connectivity index (χ1n) is 4.76. The number of nitrogens with one attached hydrogen (secondary N) is 1. The molecule has 0 bridgehead atoms. The first kappa shape index (κ1) is 8.05. The van der Waals surface area contributed by atoms with Gasteiger partial charge < -0.3 is 5.32 Å². The Morgan fingerprint density at radius 2 is 2.25 bits per heavy atom. The van der Waals surface area contributed by atoms with Gasteiger partial charge in [0.25, 0.3) is 0 Å². The number of nitrogens with zero attached hydrogens (tertiary/aromatic N) is 1. The first-order valence-corrected chi connectivity index (χ1v) is 4.76. The standard InChI is InChI=1S/C9H16N2O/c1-7-4-10-9(12)6-11(5-7)8-2-3-8/h7-8H,2-6H2,1H3,(H,10,12)/t7-/m0/s1. The van der Waals surface area contributed by atoms with Gasteiger partial charge in [0.05, 0.1) is 6.54 Å². The lowest BCUT2D eigenvalue weighted by Gasteiger charge is -2.19. The largest absolute Gasteiger partial charge is 0.355 e. The van der Waals surface area contributed by atoms with Crippen LogP contribution in [0.3, 0.4) is 0 Å². The highest BCUT2D eigenvalue weighted by Crippen LogP contribution is 2.27. The van der Waals surface area contributed by atoms with Gasteiger partial charge in [-0.25, -0.2) is 0 Å². The Morgan fingerprint density at radius 1 is 1.50 bits per heavy atom. The normalized spacial score (nSPS) is 32.8. The predicted molar refractivity (Wildman–Crippen MR) is 46.8 cm³/mol. The molecular weight excluding hydrogens is 152 g/mol. The number of rotatable bonds is 1. The molecule has 1 aliphatic carbocycles. The van der Waals surface area contributed by atoms with E-state index >= 15 is 0 Å². The van der Waals surface area contributed by atoms with E-state index in [1.54, 1.807) is 0 Å². The van der Waals surface area contributed by atoms with Gasteiger partial charge in [-0.15, -0.1) is 0 Å². The summed E-state index contributed by atoms with van der Waals surface area (Å²) >= 11 is 0. The molecule has 12 heavy (non-hydrogen) atoms. The maximum Gasteiger partial charge on any atom is 0.234 e. The highest BCUT2D eigenvalue weighted by atomic mass is 16.2. The smallest absolute Gasteiger partial charge is 0.234 e. The molecule has 1 N–H and O–H groups in total. The van der Waals surface area contributed by atoms with E-state index in [0.29, 0.717) is 12.5 Å². The van der Waals surface area contributed by atoms with Gasteiger partial charge >= 0.3 is 0 Å². The Labute approximate surface area is 73.1 Å². The van der Waals surface area contributed by atoms with Crippen LogP contribution in [0.2, 0.25) is 0 Å². The average molecular weight is 168 g/mol. The molecule has 1 atom stereocenters. The predicted octanol–water partition coefficient (Wildman–Crippen LogP) is 0.217. The lowest BCUT2D eigenvalue weighted by atomic mass is 10.2. The van der Waals surface area contributed by atoms with Crippen molar-refractivity contribution < 1.29 is 4.79 Å². The fourth-order valence-corrected chi connectivity index (χ4v) is 1.78. The Bertz CT molecular complexity index is 189. The van der Waals surface area contributed by atoms with E-state index < -0.39 is 0 Å². The van der Waals surface area contributed by atoms with Crippen LogP contribution in [-0.2, 0) is 4.79 Å². The number of carbonyl (C=O) groups is 1. The maximum atomic E-state index is 11.2. The van der Waals surface area contributed by atoms with Crippen LogP contribution in [-0.4, -0.2) is 36.5 Å². The van der Waals surface area contributed by atoms with Crippen LogP contribution in [0.25, 0.3) is 0 Å². The van der Waals surface area contributed by atoms with Crippen molar-refractivity contribution in [3.05, 3.63) is 0 Å². The van der Waals surface area contributed by atoms with Gasteiger partial charge in [0.15, 0.2) is 0 Å². The molecule has 1 aliphatic heterocycles. The van der Waals surface area contributed by atoms with Gasteiger partial charge in [-0.2, -0.15) is 0 Å².